The summed E-state index contributed by atoms with van der Waals surface area (Å²) in [6.45, 7) is 6.29. The van der Waals surface area contributed by atoms with Crippen molar-refractivity contribution in [2.45, 2.75) is 32.6 Å². The van der Waals surface area contributed by atoms with Gasteiger partial charge in [0, 0.05) is 5.92 Å². The van der Waals surface area contributed by atoms with Gasteiger partial charge in [0.25, 0.3) is 0 Å². The Hall–Kier alpha value is -1.77. The number of rotatable bonds is 4. The molecule has 0 heterocycles. The van der Waals surface area contributed by atoms with Crippen LogP contribution in [0.1, 0.15) is 43.7 Å². The molecule has 0 fully saturated rings. The van der Waals surface area contributed by atoms with Crippen molar-refractivity contribution in [3.8, 4) is 0 Å². The average molecular weight is 234 g/mol. The maximum Gasteiger partial charge on any atom is 0.510 e. The van der Waals surface area contributed by atoms with E-state index in [1.165, 1.54) is 11.8 Å². The molecular formula is C14H18O3. The zero-order valence-electron chi connectivity index (χ0n) is 10.4. The molecule has 1 atom stereocenters. The van der Waals surface area contributed by atoms with E-state index in [9.17, 15) is 4.79 Å². The molecule has 92 valence electrons. The summed E-state index contributed by atoms with van der Waals surface area (Å²) in [6.07, 6.45) is 1.66. The first kappa shape index (κ1) is 13.3. The van der Waals surface area contributed by atoms with E-state index in [1.54, 1.807) is 6.08 Å². The van der Waals surface area contributed by atoms with Crippen LogP contribution in [0.2, 0.25) is 0 Å². The fraction of sp³-hybridized carbons (Fsp3) is 0.357. The highest BCUT2D eigenvalue weighted by atomic mass is 16.7. The topological polar surface area (TPSA) is 46.5 Å². The van der Waals surface area contributed by atoms with Gasteiger partial charge in [0.15, 0.2) is 0 Å². The highest BCUT2D eigenvalue weighted by molar-refractivity contribution is 5.57. The molecule has 1 N–H and O–H groups in total. The first-order valence-corrected chi connectivity index (χ1v) is 5.66. The van der Waals surface area contributed by atoms with Crippen LogP contribution in [-0.4, -0.2) is 11.3 Å². The van der Waals surface area contributed by atoms with Crippen molar-refractivity contribution in [1.29, 1.82) is 0 Å². The SMILES string of the molecule is CC(C)c1cccc(C(C)C=COC(=O)O)c1. The predicted octanol–water partition coefficient (Wildman–Crippen LogP) is 4.12. The molecule has 0 amide bonds. The van der Waals surface area contributed by atoms with Crippen LogP contribution in [0.25, 0.3) is 0 Å². The summed E-state index contributed by atoms with van der Waals surface area (Å²) in [4.78, 5) is 10.2. The van der Waals surface area contributed by atoms with Crippen molar-refractivity contribution in [2.75, 3.05) is 0 Å². The zero-order valence-corrected chi connectivity index (χ0v) is 10.4. The molecule has 0 saturated carbocycles. The van der Waals surface area contributed by atoms with E-state index >= 15 is 0 Å². The van der Waals surface area contributed by atoms with Crippen LogP contribution in [-0.2, 0) is 4.74 Å². The van der Waals surface area contributed by atoms with Gasteiger partial charge in [-0.1, -0.05) is 45.0 Å². The smallest absolute Gasteiger partial charge is 0.449 e. The van der Waals surface area contributed by atoms with Crippen LogP contribution in [0, 0.1) is 0 Å². The predicted molar refractivity (Wildman–Crippen MR) is 67.2 cm³/mol. The van der Waals surface area contributed by atoms with Crippen LogP contribution >= 0.6 is 0 Å². The Morgan fingerprint density at radius 1 is 1.29 bits per heavy atom. The number of hydrogen-bond acceptors (Lipinski definition) is 2. The number of ether oxygens (including phenoxy) is 1. The molecule has 0 aromatic heterocycles. The molecule has 1 aromatic carbocycles. The minimum absolute atomic E-state index is 0.132. The Kier molecular flexibility index (Phi) is 4.76. The maximum absolute atomic E-state index is 10.2. The van der Waals surface area contributed by atoms with Crippen molar-refractivity contribution >= 4 is 6.16 Å². The minimum atomic E-state index is -1.29. The van der Waals surface area contributed by atoms with E-state index in [0.717, 1.165) is 5.56 Å². The Morgan fingerprint density at radius 3 is 2.53 bits per heavy atom. The van der Waals surface area contributed by atoms with Gasteiger partial charge >= 0.3 is 6.16 Å². The molecule has 3 nitrogen and oxygen atoms in total. The molecule has 0 bridgehead atoms. The standard InChI is InChI=1S/C14H18O3/c1-10(2)12-5-4-6-13(9-12)11(3)7-8-17-14(15)16/h4-11H,1-3H3,(H,15,16). The summed E-state index contributed by atoms with van der Waals surface area (Å²) in [6, 6.07) is 8.29. The monoisotopic (exact) mass is 234 g/mol. The van der Waals surface area contributed by atoms with Crippen molar-refractivity contribution in [3.05, 3.63) is 47.7 Å². The number of carboxylic acid groups (broad SMARTS) is 1. The lowest BCUT2D eigenvalue weighted by Gasteiger charge is -2.11. The number of carbonyl (C=O) groups is 1. The first-order valence-electron chi connectivity index (χ1n) is 5.66. The van der Waals surface area contributed by atoms with Crippen LogP contribution in [0.4, 0.5) is 4.79 Å². The number of allylic oxidation sites excluding steroid dienone is 1. The third-order valence-corrected chi connectivity index (χ3v) is 2.64. The molecule has 17 heavy (non-hydrogen) atoms. The van der Waals surface area contributed by atoms with Gasteiger partial charge in [-0.15, -0.1) is 0 Å². The Morgan fingerprint density at radius 2 is 1.94 bits per heavy atom. The van der Waals surface area contributed by atoms with Gasteiger partial charge in [-0.3, -0.25) is 0 Å². The third kappa shape index (κ3) is 4.31. The van der Waals surface area contributed by atoms with Gasteiger partial charge < -0.3 is 9.84 Å². The third-order valence-electron chi connectivity index (χ3n) is 2.64. The Balaban J connectivity index is 2.74. The molecule has 0 radical (unpaired) electrons. The average Bonchev–Trinajstić information content (AvgIpc) is 2.28. The molecule has 3 heteroatoms. The summed E-state index contributed by atoms with van der Waals surface area (Å²) >= 11 is 0. The quantitative estimate of drug-likeness (QED) is 0.629. The lowest BCUT2D eigenvalue weighted by atomic mass is 9.95. The van der Waals surface area contributed by atoms with E-state index in [2.05, 4.69) is 30.7 Å². The fourth-order valence-corrected chi connectivity index (χ4v) is 1.53. The van der Waals surface area contributed by atoms with Crippen LogP contribution < -0.4 is 0 Å². The van der Waals surface area contributed by atoms with Gasteiger partial charge in [0.2, 0.25) is 0 Å². The van der Waals surface area contributed by atoms with E-state index in [4.69, 9.17) is 5.11 Å². The number of benzene rings is 1. The molecule has 1 unspecified atom stereocenters. The van der Waals surface area contributed by atoms with Crippen LogP contribution in [0.15, 0.2) is 36.6 Å². The normalized spacial score (nSPS) is 12.9. The lowest BCUT2D eigenvalue weighted by molar-refractivity contribution is 0.128. The Labute approximate surface area is 102 Å². The summed E-state index contributed by atoms with van der Waals surface area (Å²) in [7, 11) is 0. The van der Waals surface area contributed by atoms with Crippen molar-refractivity contribution in [1.82, 2.24) is 0 Å². The van der Waals surface area contributed by atoms with Gasteiger partial charge in [-0.05, 0) is 23.1 Å². The van der Waals surface area contributed by atoms with Gasteiger partial charge in [0.05, 0.1) is 6.26 Å². The molecule has 0 spiro atoms. The van der Waals surface area contributed by atoms with E-state index < -0.39 is 6.16 Å². The van der Waals surface area contributed by atoms with E-state index in [-0.39, 0.29) is 5.92 Å². The van der Waals surface area contributed by atoms with Gasteiger partial charge in [-0.2, -0.15) is 0 Å². The first-order chi connectivity index (χ1) is 8.00. The highest BCUT2D eigenvalue weighted by Gasteiger charge is 2.05. The van der Waals surface area contributed by atoms with E-state index in [0.29, 0.717) is 5.92 Å². The maximum atomic E-state index is 10.2. The Bertz CT molecular complexity index is 408. The summed E-state index contributed by atoms with van der Waals surface area (Å²) in [5.41, 5.74) is 2.43. The summed E-state index contributed by atoms with van der Waals surface area (Å²) in [5.74, 6) is 0.620. The fourth-order valence-electron chi connectivity index (χ4n) is 1.53. The molecule has 0 aliphatic carbocycles. The van der Waals surface area contributed by atoms with Crippen molar-refractivity contribution in [3.63, 3.8) is 0 Å². The van der Waals surface area contributed by atoms with Crippen molar-refractivity contribution < 1.29 is 14.6 Å². The molecular weight excluding hydrogens is 216 g/mol. The molecule has 0 saturated heterocycles. The molecule has 1 aromatic rings. The largest absolute Gasteiger partial charge is 0.510 e. The summed E-state index contributed by atoms with van der Waals surface area (Å²) < 4.78 is 4.35. The molecule has 0 aliphatic rings. The molecule has 0 aliphatic heterocycles. The lowest BCUT2D eigenvalue weighted by Crippen LogP contribution is -1.95. The second-order valence-electron chi connectivity index (χ2n) is 4.33. The minimum Gasteiger partial charge on any atom is -0.449 e. The number of hydrogen-bond donors (Lipinski definition) is 1. The van der Waals surface area contributed by atoms with Crippen LogP contribution in [0.5, 0.6) is 0 Å². The zero-order chi connectivity index (χ0) is 12.8. The highest BCUT2D eigenvalue weighted by Crippen LogP contribution is 2.22. The van der Waals surface area contributed by atoms with Gasteiger partial charge in [0.1, 0.15) is 0 Å². The van der Waals surface area contributed by atoms with Gasteiger partial charge in [-0.25, -0.2) is 4.79 Å². The van der Waals surface area contributed by atoms with E-state index in [1.807, 2.05) is 19.1 Å². The molecule has 1 rings (SSSR count). The summed E-state index contributed by atoms with van der Waals surface area (Å²) in [5, 5.41) is 8.34. The second kappa shape index (κ2) is 6.09. The second-order valence-corrected chi connectivity index (χ2v) is 4.33. The van der Waals surface area contributed by atoms with Crippen LogP contribution in [0.3, 0.4) is 0 Å². The van der Waals surface area contributed by atoms with Crippen molar-refractivity contribution in [2.24, 2.45) is 0 Å².